The van der Waals surface area contributed by atoms with Gasteiger partial charge in [-0.25, -0.2) is 4.79 Å². The van der Waals surface area contributed by atoms with Crippen LogP contribution in [0, 0.1) is 5.41 Å². The van der Waals surface area contributed by atoms with Gasteiger partial charge in [-0.2, -0.15) is 11.3 Å². The van der Waals surface area contributed by atoms with Crippen molar-refractivity contribution in [3.8, 4) is 0 Å². The molecule has 2 fully saturated rings. The van der Waals surface area contributed by atoms with Crippen LogP contribution in [0.1, 0.15) is 31.7 Å². The second kappa shape index (κ2) is 6.15. The Labute approximate surface area is 141 Å². The van der Waals surface area contributed by atoms with Crippen LogP contribution in [-0.4, -0.2) is 59.9 Å². The minimum Gasteiger partial charge on any atom is -0.335 e. The number of carbonyl (C=O) groups excluding carboxylic acids is 2. The molecule has 5 nitrogen and oxygen atoms in total. The number of amides is 3. The Morgan fingerprint density at radius 3 is 2.57 bits per heavy atom. The Hall–Kier alpha value is -1.56. The third kappa shape index (κ3) is 3.22. The normalized spacial score (nSPS) is 22.0. The number of piperidine rings is 1. The summed E-state index contributed by atoms with van der Waals surface area (Å²) in [5, 5.41) is 4.17. The number of nitrogens with zero attached hydrogens (tertiary/aromatic N) is 3. The molecule has 0 radical (unpaired) electrons. The van der Waals surface area contributed by atoms with Crippen LogP contribution in [-0.2, 0) is 11.3 Å². The molecule has 23 heavy (non-hydrogen) atoms. The van der Waals surface area contributed by atoms with E-state index in [1.807, 2.05) is 9.80 Å². The van der Waals surface area contributed by atoms with E-state index >= 15 is 0 Å². The van der Waals surface area contributed by atoms with E-state index in [1.165, 1.54) is 5.56 Å². The standard InChI is InChI=1S/C17H25N3O2S/c1-13(21)20(11-14-4-9-23-12-14)15-10-17(15)5-7-19(8-6-17)16(22)18(2)3/h4,9,12,15H,5-8,10-11H2,1-3H3/t15-/m0/s1. The van der Waals surface area contributed by atoms with E-state index in [9.17, 15) is 9.59 Å². The number of urea groups is 1. The van der Waals surface area contributed by atoms with E-state index in [-0.39, 0.29) is 17.4 Å². The minimum absolute atomic E-state index is 0.0961. The molecule has 0 aromatic carbocycles. The number of hydrogen-bond acceptors (Lipinski definition) is 3. The molecule has 1 aliphatic heterocycles. The molecule has 3 amide bonds. The molecule has 1 saturated carbocycles. The van der Waals surface area contributed by atoms with E-state index in [2.05, 4.69) is 16.8 Å². The molecule has 1 aliphatic carbocycles. The Bertz CT molecular complexity index is 577. The fourth-order valence-corrected chi connectivity index (χ4v) is 4.41. The smallest absolute Gasteiger partial charge is 0.319 e. The third-order valence-corrected chi connectivity index (χ3v) is 6.00. The first-order chi connectivity index (χ1) is 10.9. The van der Waals surface area contributed by atoms with Gasteiger partial charge in [0.15, 0.2) is 0 Å². The molecule has 1 atom stereocenters. The monoisotopic (exact) mass is 335 g/mol. The fraction of sp³-hybridized carbons (Fsp3) is 0.647. The zero-order valence-corrected chi connectivity index (χ0v) is 14.9. The van der Waals surface area contributed by atoms with Crippen LogP contribution in [0.15, 0.2) is 16.8 Å². The predicted octanol–water partition coefficient (Wildman–Crippen LogP) is 2.63. The zero-order valence-electron chi connectivity index (χ0n) is 14.1. The summed E-state index contributed by atoms with van der Waals surface area (Å²) in [6.07, 6.45) is 3.09. The fourth-order valence-electron chi connectivity index (χ4n) is 3.75. The Kier molecular flexibility index (Phi) is 4.36. The average Bonchev–Trinajstić information content (AvgIpc) is 2.96. The van der Waals surface area contributed by atoms with Gasteiger partial charge in [0.05, 0.1) is 0 Å². The van der Waals surface area contributed by atoms with Crippen molar-refractivity contribution in [1.82, 2.24) is 14.7 Å². The van der Waals surface area contributed by atoms with Gasteiger partial charge in [0.2, 0.25) is 5.91 Å². The quantitative estimate of drug-likeness (QED) is 0.852. The van der Waals surface area contributed by atoms with E-state index < -0.39 is 0 Å². The van der Waals surface area contributed by atoms with Crippen LogP contribution in [0.4, 0.5) is 4.79 Å². The molecule has 0 N–H and O–H groups in total. The molecule has 0 unspecified atom stereocenters. The first-order valence-corrected chi connectivity index (χ1v) is 9.12. The van der Waals surface area contributed by atoms with E-state index in [1.54, 1.807) is 37.3 Å². The first kappa shape index (κ1) is 16.3. The summed E-state index contributed by atoms with van der Waals surface area (Å²) in [5.74, 6) is 0.157. The summed E-state index contributed by atoms with van der Waals surface area (Å²) in [5.41, 5.74) is 1.46. The summed E-state index contributed by atoms with van der Waals surface area (Å²) in [7, 11) is 3.59. The van der Waals surface area contributed by atoms with Gasteiger partial charge in [-0.05, 0) is 47.1 Å². The molecule has 1 spiro atoms. The van der Waals surface area contributed by atoms with Crippen LogP contribution >= 0.6 is 11.3 Å². The lowest BCUT2D eigenvalue weighted by Gasteiger charge is -2.35. The lowest BCUT2D eigenvalue weighted by atomic mass is 9.92. The highest BCUT2D eigenvalue weighted by Crippen LogP contribution is 2.57. The summed E-state index contributed by atoms with van der Waals surface area (Å²) < 4.78 is 0. The maximum atomic E-state index is 12.1. The van der Waals surface area contributed by atoms with Crippen molar-refractivity contribution in [2.45, 2.75) is 38.8 Å². The highest BCUT2D eigenvalue weighted by molar-refractivity contribution is 7.07. The number of likely N-dealkylation sites (tertiary alicyclic amines) is 1. The number of rotatable bonds is 3. The molecule has 1 saturated heterocycles. The van der Waals surface area contributed by atoms with Crippen LogP contribution in [0.2, 0.25) is 0 Å². The molecule has 0 bridgehead atoms. The van der Waals surface area contributed by atoms with Crippen molar-refractivity contribution in [2.75, 3.05) is 27.2 Å². The van der Waals surface area contributed by atoms with Crippen molar-refractivity contribution in [1.29, 1.82) is 0 Å². The van der Waals surface area contributed by atoms with E-state index in [4.69, 9.17) is 0 Å². The molecule has 1 aromatic heterocycles. The molecular weight excluding hydrogens is 310 g/mol. The lowest BCUT2D eigenvalue weighted by Crippen LogP contribution is -2.46. The topological polar surface area (TPSA) is 43.9 Å². The van der Waals surface area contributed by atoms with Gasteiger partial charge in [0.1, 0.15) is 0 Å². The minimum atomic E-state index is 0.0961. The average molecular weight is 335 g/mol. The van der Waals surface area contributed by atoms with Crippen LogP contribution < -0.4 is 0 Å². The Morgan fingerprint density at radius 1 is 1.35 bits per heavy atom. The van der Waals surface area contributed by atoms with Crippen molar-refractivity contribution in [3.63, 3.8) is 0 Å². The molecule has 2 aliphatic rings. The summed E-state index contributed by atoms with van der Waals surface area (Å²) in [6, 6.07) is 2.53. The highest BCUT2D eigenvalue weighted by Gasteiger charge is 2.58. The molecule has 2 heterocycles. The second-order valence-electron chi connectivity index (χ2n) is 7.02. The summed E-state index contributed by atoms with van der Waals surface area (Å²) in [4.78, 5) is 29.8. The van der Waals surface area contributed by atoms with Gasteiger partial charge >= 0.3 is 6.03 Å². The van der Waals surface area contributed by atoms with Crippen LogP contribution in [0.5, 0.6) is 0 Å². The first-order valence-electron chi connectivity index (χ1n) is 8.17. The van der Waals surface area contributed by atoms with Gasteiger partial charge in [0, 0.05) is 46.7 Å². The van der Waals surface area contributed by atoms with Crippen molar-refractivity contribution < 1.29 is 9.59 Å². The largest absolute Gasteiger partial charge is 0.335 e. The molecule has 126 valence electrons. The molecule has 6 heteroatoms. The van der Waals surface area contributed by atoms with Gasteiger partial charge in [-0.3, -0.25) is 4.79 Å². The third-order valence-electron chi connectivity index (χ3n) is 5.27. The predicted molar refractivity (Wildman–Crippen MR) is 91.3 cm³/mol. The molecular formula is C17H25N3O2S. The van der Waals surface area contributed by atoms with E-state index in [0.29, 0.717) is 12.6 Å². The number of thiophene rings is 1. The summed E-state index contributed by atoms with van der Waals surface area (Å²) >= 11 is 1.67. The Balaban J connectivity index is 1.61. The van der Waals surface area contributed by atoms with Gasteiger partial charge in [-0.15, -0.1) is 0 Å². The maximum Gasteiger partial charge on any atom is 0.319 e. The van der Waals surface area contributed by atoms with Crippen LogP contribution in [0.25, 0.3) is 0 Å². The number of carbonyl (C=O) groups is 2. The second-order valence-corrected chi connectivity index (χ2v) is 7.80. The van der Waals surface area contributed by atoms with Crippen molar-refractivity contribution in [2.24, 2.45) is 5.41 Å². The van der Waals surface area contributed by atoms with Gasteiger partial charge in [-0.1, -0.05) is 0 Å². The van der Waals surface area contributed by atoms with Gasteiger partial charge < -0.3 is 14.7 Å². The van der Waals surface area contributed by atoms with E-state index in [0.717, 1.165) is 32.4 Å². The van der Waals surface area contributed by atoms with Crippen LogP contribution in [0.3, 0.4) is 0 Å². The highest BCUT2D eigenvalue weighted by atomic mass is 32.1. The van der Waals surface area contributed by atoms with Crippen molar-refractivity contribution >= 4 is 23.3 Å². The molecule has 1 aromatic rings. The number of hydrogen-bond donors (Lipinski definition) is 0. The van der Waals surface area contributed by atoms with Gasteiger partial charge in [0.25, 0.3) is 0 Å². The zero-order chi connectivity index (χ0) is 16.6. The Morgan fingerprint density at radius 2 is 2.04 bits per heavy atom. The van der Waals surface area contributed by atoms with Crippen molar-refractivity contribution in [3.05, 3.63) is 22.4 Å². The summed E-state index contributed by atoms with van der Waals surface area (Å²) in [6.45, 7) is 3.99. The maximum absolute atomic E-state index is 12.1. The molecule has 3 rings (SSSR count). The SMILES string of the molecule is CC(=O)N(Cc1ccsc1)[C@H]1CC12CCN(C(=O)N(C)C)CC2. The lowest BCUT2D eigenvalue weighted by molar-refractivity contribution is -0.130.